The van der Waals surface area contributed by atoms with Gasteiger partial charge in [0, 0.05) is 18.8 Å². The molecule has 7 nitrogen and oxygen atoms in total. The molecule has 0 atom stereocenters. The third-order valence-corrected chi connectivity index (χ3v) is 4.10. The lowest BCUT2D eigenvalue weighted by Crippen LogP contribution is -2.37. The van der Waals surface area contributed by atoms with Crippen LogP contribution in [-0.4, -0.2) is 34.9 Å². The van der Waals surface area contributed by atoms with Crippen molar-refractivity contribution in [1.29, 1.82) is 0 Å². The number of aromatic nitrogens is 1. The van der Waals surface area contributed by atoms with Gasteiger partial charge in [0.2, 0.25) is 5.89 Å². The number of oxazole rings is 1. The Balaban J connectivity index is 2.10. The number of alkyl halides is 3. The molecule has 0 spiro atoms. The number of amides is 3. The Bertz CT molecular complexity index is 894. The van der Waals surface area contributed by atoms with Gasteiger partial charge >= 0.3 is 12.2 Å². The van der Waals surface area contributed by atoms with E-state index in [4.69, 9.17) is 4.42 Å². The summed E-state index contributed by atoms with van der Waals surface area (Å²) in [7, 11) is 0. The third-order valence-electron chi connectivity index (χ3n) is 4.10. The second-order valence-electron chi connectivity index (χ2n) is 8.01. The number of nitrogens with one attached hydrogen (secondary N) is 2. The lowest BCUT2D eigenvalue weighted by Gasteiger charge is -2.23. The van der Waals surface area contributed by atoms with Crippen LogP contribution < -0.4 is 10.6 Å². The van der Waals surface area contributed by atoms with E-state index in [2.05, 4.69) is 15.6 Å². The van der Waals surface area contributed by atoms with Crippen LogP contribution >= 0.6 is 0 Å². The van der Waals surface area contributed by atoms with Crippen molar-refractivity contribution >= 4 is 17.6 Å². The molecule has 2 aromatic rings. The van der Waals surface area contributed by atoms with Crippen molar-refractivity contribution in [3.8, 4) is 0 Å². The van der Waals surface area contributed by atoms with E-state index in [1.807, 2.05) is 27.7 Å². The van der Waals surface area contributed by atoms with Crippen molar-refractivity contribution in [1.82, 2.24) is 15.2 Å². The molecule has 0 unspecified atom stereocenters. The largest absolute Gasteiger partial charge is 0.446 e. The summed E-state index contributed by atoms with van der Waals surface area (Å²) in [6.45, 7) is 8.46. The molecule has 2 rings (SSSR count). The van der Waals surface area contributed by atoms with E-state index in [9.17, 15) is 22.8 Å². The van der Waals surface area contributed by atoms with Gasteiger partial charge in [-0.05, 0) is 30.0 Å². The maximum Gasteiger partial charge on any atom is 0.416 e. The number of carbonyl (C=O) groups excluding carboxylic acids is 2. The zero-order valence-electron chi connectivity index (χ0n) is 17.9. The molecule has 0 aliphatic heterocycles. The number of halogens is 3. The maximum absolute atomic E-state index is 12.9. The summed E-state index contributed by atoms with van der Waals surface area (Å²) in [5, 5.41) is 5.20. The number of benzene rings is 1. The van der Waals surface area contributed by atoms with E-state index in [1.165, 1.54) is 23.3 Å². The fraction of sp³-hybridized carbons (Fsp3) is 0.476. The summed E-state index contributed by atoms with van der Waals surface area (Å²) in [4.78, 5) is 30.3. The normalized spacial score (nSPS) is 11.6. The van der Waals surface area contributed by atoms with Crippen molar-refractivity contribution < 1.29 is 27.2 Å². The summed E-state index contributed by atoms with van der Waals surface area (Å²) in [6.07, 6.45) is -3.30. The van der Waals surface area contributed by atoms with E-state index >= 15 is 0 Å². The first kappa shape index (κ1) is 24.2. The molecule has 0 saturated heterocycles. The lowest BCUT2D eigenvalue weighted by atomic mass is 10.2. The van der Waals surface area contributed by atoms with E-state index < -0.39 is 17.8 Å². The summed E-state index contributed by atoms with van der Waals surface area (Å²) in [5.41, 5.74) is -0.737. The average molecular weight is 440 g/mol. The van der Waals surface area contributed by atoms with Crippen LogP contribution in [0.3, 0.4) is 0 Å². The molecule has 0 saturated carbocycles. The maximum atomic E-state index is 12.9. The molecule has 1 aromatic carbocycles. The minimum atomic E-state index is -4.51. The first-order valence-corrected chi connectivity index (χ1v) is 9.91. The van der Waals surface area contributed by atoms with Gasteiger partial charge in [0.05, 0.1) is 12.1 Å². The molecule has 3 amide bonds. The van der Waals surface area contributed by atoms with E-state index in [0.717, 1.165) is 12.1 Å². The van der Waals surface area contributed by atoms with Gasteiger partial charge in [-0.15, -0.1) is 0 Å². The van der Waals surface area contributed by atoms with Gasteiger partial charge in [0.25, 0.3) is 5.91 Å². The Morgan fingerprint density at radius 1 is 1.16 bits per heavy atom. The first-order valence-electron chi connectivity index (χ1n) is 9.91. The smallest absolute Gasteiger partial charge is 0.416 e. The monoisotopic (exact) mass is 440 g/mol. The van der Waals surface area contributed by atoms with Crippen LogP contribution in [0.5, 0.6) is 0 Å². The van der Waals surface area contributed by atoms with Crippen molar-refractivity contribution in [3.05, 3.63) is 47.7 Å². The second kappa shape index (κ2) is 10.3. The Labute approximate surface area is 179 Å². The van der Waals surface area contributed by atoms with Crippen LogP contribution in [0.1, 0.15) is 49.6 Å². The van der Waals surface area contributed by atoms with Crippen LogP contribution in [0.4, 0.5) is 23.7 Å². The average Bonchev–Trinajstić information content (AvgIpc) is 3.13. The van der Waals surface area contributed by atoms with E-state index in [0.29, 0.717) is 13.1 Å². The molecule has 0 bridgehead atoms. The predicted octanol–water partition coefficient (Wildman–Crippen LogP) is 4.77. The highest BCUT2D eigenvalue weighted by molar-refractivity contribution is 5.92. The minimum absolute atomic E-state index is 0.0229. The van der Waals surface area contributed by atoms with E-state index in [-0.39, 0.29) is 41.6 Å². The van der Waals surface area contributed by atoms with Gasteiger partial charge < -0.3 is 20.0 Å². The number of carbonyl (C=O) groups is 2. The van der Waals surface area contributed by atoms with Crippen LogP contribution in [-0.2, 0) is 12.7 Å². The van der Waals surface area contributed by atoms with Crippen LogP contribution in [0.2, 0.25) is 0 Å². The van der Waals surface area contributed by atoms with Gasteiger partial charge in [0.1, 0.15) is 6.26 Å². The third kappa shape index (κ3) is 7.62. The Hall–Kier alpha value is -3.04. The number of hydrogen-bond acceptors (Lipinski definition) is 4. The van der Waals surface area contributed by atoms with Crippen molar-refractivity contribution in [3.63, 3.8) is 0 Å². The van der Waals surface area contributed by atoms with Crippen LogP contribution in [0.15, 0.2) is 34.9 Å². The van der Waals surface area contributed by atoms with Crippen molar-refractivity contribution in [2.24, 2.45) is 11.8 Å². The number of anilines is 1. The molecule has 0 aliphatic carbocycles. The van der Waals surface area contributed by atoms with Gasteiger partial charge in [-0.1, -0.05) is 33.8 Å². The van der Waals surface area contributed by atoms with Gasteiger partial charge in [-0.3, -0.25) is 4.79 Å². The number of hydrogen-bond donors (Lipinski definition) is 2. The van der Waals surface area contributed by atoms with Crippen molar-refractivity contribution in [2.45, 2.75) is 40.4 Å². The highest BCUT2D eigenvalue weighted by atomic mass is 19.4. The Morgan fingerprint density at radius 3 is 2.48 bits per heavy atom. The molecule has 10 heteroatoms. The Kier molecular flexibility index (Phi) is 8.07. The quantitative estimate of drug-likeness (QED) is 0.619. The summed E-state index contributed by atoms with van der Waals surface area (Å²) in [5.74, 6) is 0.120. The molecule has 1 aromatic heterocycles. The fourth-order valence-electron chi connectivity index (χ4n) is 2.67. The minimum Gasteiger partial charge on any atom is -0.446 e. The number of urea groups is 1. The predicted molar refractivity (Wildman–Crippen MR) is 109 cm³/mol. The highest BCUT2D eigenvalue weighted by Gasteiger charge is 2.30. The van der Waals surface area contributed by atoms with Crippen molar-refractivity contribution in [2.75, 3.05) is 18.4 Å². The zero-order chi connectivity index (χ0) is 23.2. The molecule has 0 fully saturated rings. The Morgan fingerprint density at radius 2 is 1.87 bits per heavy atom. The summed E-state index contributed by atoms with van der Waals surface area (Å²) >= 11 is 0. The topological polar surface area (TPSA) is 87.5 Å². The molecule has 31 heavy (non-hydrogen) atoms. The van der Waals surface area contributed by atoms with Gasteiger partial charge in [0.15, 0.2) is 5.69 Å². The van der Waals surface area contributed by atoms with Gasteiger partial charge in [-0.25, -0.2) is 9.78 Å². The molecular formula is C21H27F3N4O3. The molecule has 170 valence electrons. The molecular weight excluding hydrogens is 413 g/mol. The molecule has 2 N–H and O–H groups in total. The second-order valence-corrected chi connectivity index (χ2v) is 8.01. The standard InChI is InChI=1S/C21H27F3N4O3/c1-13(2)9-25-19(29)17-12-31-18(27-17)11-28(10-14(3)4)20(30)26-16-7-5-6-15(8-16)21(22,23)24/h5-8,12-14H,9-11H2,1-4H3,(H,25,29)(H,26,30). The van der Waals surface area contributed by atoms with Crippen LogP contribution in [0.25, 0.3) is 0 Å². The molecule has 0 radical (unpaired) electrons. The lowest BCUT2D eigenvalue weighted by molar-refractivity contribution is -0.137. The zero-order valence-corrected chi connectivity index (χ0v) is 17.9. The SMILES string of the molecule is CC(C)CNC(=O)c1coc(CN(CC(C)C)C(=O)Nc2cccc(C(F)(F)F)c2)n1. The van der Waals surface area contributed by atoms with Gasteiger partial charge in [-0.2, -0.15) is 13.2 Å². The fourth-order valence-corrected chi connectivity index (χ4v) is 2.67. The highest BCUT2D eigenvalue weighted by Crippen LogP contribution is 2.30. The summed E-state index contributed by atoms with van der Waals surface area (Å²) in [6, 6.07) is 3.80. The van der Waals surface area contributed by atoms with Crippen LogP contribution in [0, 0.1) is 11.8 Å². The summed E-state index contributed by atoms with van der Waals surface area (Å²) < 4.78 is 44.1. The number of rotatable bonds is 8. The van der Waals surface area contributed by atoms with E-state index in [1.54, 1.807) is 0 Å². The molecule has 0 aliphatic rings. The molecule has 1 heterocycles. The first-order chi connectivity index (χ1) is 14.5. The number of nitrogens with zero attached hydrogens (tertiary/aromatic N) is 2.